The van der Waals surface area contributed by atoms with Gasteiger partial charge < -0.3 is 4.98 Å². The molecule has 0 saturated heterocycles. The van der Waals surface area contributed by atoms with Gasteiger partial charge in [-0.2, -0.15) is 0 Å². The van der Waals surface area contributed by atoms with Crippen LogP contribution in [0.1, 0.15) is 53.9 Å². The highest BCUT2D eigenvalue weighted by Crippen LogP contribution is 2.54. The molecule has 0 radical (unpaired) electrons. The van der Waals surface area contributed by atoms with Crippen molar-refractivity contribution >= 4 is 17.7 Å². The van der Waals surface area contributed by atoms with E-state index in [0.717, 1.165) is 0 Å². The summed E-state index contributed by atoms with van der Waals surface area (Å²) in [5, 5.41) is 0. The second-order valence-corrected chi connectivity index (χ2v) is 7.47. The summed E-state index contributed by atoms with van der Waals surface area (Å²) >= 11 is 0. The van der Waals surface area contributed by atoms with Gasteiger partial charge in [0.2, 0.25) is 0 Å². The second kappa shape index (κ2) is 4.04. The molecule has 0 aliphatic heterocycles. The van der Waals surface area contributed by atoms with Crippen LogP contribution in [0.3, 0.4) is 0 Å². The maximum atomic E-state index is 3.66. The van der Waals surface area contributed by atoms with Crippen molar-refractivity contribution in [2.24, 2.45) is 5.92 Å². The van der Waals surface area contributed by atoms with Crippen molar-refractivity contribution in [3.8, 4) is 0 Å². The first-order valence-electron chi connectivity index (χ1n) is 8.38. The Balaban J connectivity index is 1.74. The summed E-state index contributed by atoms with van der Waals surface area (Å²) < 4.78 is 0. The van der Waals surface area contributed by atoms with Gasteiger partial charge in [-0.25, -0.2) is 0 Å². The molecule has 0 amide bonds. The van der Waals surface area contributed by atoms with Crippen molar-refractivity contribution in [3.63, 3.8) is 0 Å². The van der Waals surface area contributed by atoms with E-state index in [2.05, 4.69) is 61.3 Å². The van der Waals surface area contributed by atoms with E-state index in [1.807, 2.05) is 0 Å². The molecule has 1 unspecified atom stereocenters. The van der Waals surface area contributed by atoms with Gasteiger partial charge in [-0.3, -0.25) is 0 Å². The SMILES string of the molecule is CC1(C)c2ccccc2C2=Cc3[nH]c4c(c3CC21)CCC=C4. The van der Waals surface area contributed by atoms with E-state index in [9.17, 15) is 0 Å². The fourth-order valence-electron chi connectivity index (χ4n) is 4.80. The van der Waals surface area contributed by atoms with E-state index >= 15 is 0 Å². The minimum Gasteiger partial charge on any atom is -0.355 e. The van der Waals surface area contributed by atoms with Crippen LogP contribution in [-0.2, 0) is 18.3 Å². The number of nitrogens with one attached hydrogen (secondary N) is 1. The average Bonchev–Trinajstić information content (AvgIpc) is 3.00. The van der Waals surface area contributed by atoms with E-state index in [0.29, 0.717) is 5.92 Å². The maximum Gasteiger partial charge on any atom is 0.0423 e. The summed E-state index contributed by atoms with van der Waals surface area (Å²) in [6.07, 6.45) is 10.6. The Labute approximate surface area is 131 Å². The first-order valence-corrected chi connectivity index (χ1v) is 8.38. The van der Waals surface area contributed by atoms with Crippen molar-refractivity contribution in [3.05, 3.63) is 64.0 Å². The highest BCUT2D eigenvalue weighted by atomic mass is 14.7. The van der Waals surface area contributed by atoms with Gasteiger partial charge in [0, 0.05) is 11.4 Å². The maximum absolute atomic E-state index is 3.66. The van der Waals surface area contributed by atoms with Crippen LogP contribution >= 0.6 is 0 Å². The highest BCUT2D eigenvalue weighted by Gasteiger charge is 2.44. The molecule has 22 heavy (non-hydrogen) atoms. The summed E-state index contributed by atoms with van der Waals surface area (Å²) in [7, 11) is 0. The lowest BCUT2D eigenvalue weighted by Gasteiger charge is -2.31. The quantitative estimate of drug-likeness (QED) is 0.703. The Morgan fingerprint density at radius 1 is 1.09 bits per heavy atom. The zero-order valence-corrected chi connectivity index (χ0v) is 13.2. The van der Waals surface area contributed by atoms with E-state index in [1.165, 1.54) is 47.4 Å². The number of allylic oxidation sites excluding steroid dienone is 2. The van der Waals surface area contributed by atoms with Crippen LogP contribution in [0.4, 0.5) is 0 Å². The molecule has 1 atom stereocenters. The molecule has 1 N–H and O–H groups in total. The molecule has 1 aromatic carbocycles. The number of hydrogen-bond donors (Lipinski definition) is 1. The Morgan fingerprint density at radius 2 is 1.95 bits per heavy atom. The van der Waals surface area contributed by atoms with E-state index in [-0.39, 0.29) is 5.41 Å². The topological polar surface area (TPSA) is 15.8 Å². The van der Waals surface area contributed by atoms with Crippen LogP contribution in [0.2, 0.25) is 0 Å². The van der Waals surface area contributed by atoms with Gasteiger partial charge in [0.1, 0.15) is 0 Å². The fourth-order valence-corrected chi connectivity index (χ4v) is 4.80. The lowest BCUT2D eigenvalue weighted by atomic mass is 9.72. The normalized spacial score (nSPS) is 23.4. The number of H-pyrrole nitrogens is 1. The van der Waals surface area contributed by atoms with Crippen LogP contribution in [-0.4, -0.2) is 4.98 Å². The molecule has 3 aliphatic rings. The smallest absolute Gasteiger partial charge is 0.0423 e. The number of fused-ring (bicyclic) bond motifs is 6. The Bertz CT molecular complexity index is 845. The number of rotatable bonds is 0. The molecular formula is C21H21N. The summed E-state index contributed by atoms with van der Waals surface area (Å²) in [5.74, 6) is 0.614. The zero-order chi connectivity index (χ0) is 14.9. The third-order valence-electron chi connectivity index (χ3n) is 6.02. The van der Waals surface area contributed by atoms with E-state index in [4.69, 9.17) is 0 Å². The molecule has 2 aromatic rings. The molecule has 1 heterocycles. The summed E-state index contributed by atoms with van der Waals surface area (Å²) in [4.78, 5) is 3.66. The fraction of sp³-hybridized carbons (Fsp3) is 0.333. The van der Waals surface area contributed by atoms with Crippen molar-refractivity contribution in [2.75, 3.05) is 0 Å². The first-order chi connectivity index (χ1) is 10.7. The largest absolute Gasteiger partial charge is 0.355 e. The van der Waals surface area contributed by atoms with Gasteiger partial charge in [-0.05, 0) is 70.6 Å². The molecule has 0 fully saturated rings. The van der Waals surface area contributed by atoms with Gasteiger partial charge >= 0.3 is 0 Å². The van der Waals surface area contributed by atoms with Crippen LogP contribution in [0.15, 0.2) is 30.3 Å². The van der Waals surface area contributed by atoms with Crippen molar-refractivity contribution in [1.29, 1.82) is 0 Å². The molecule has 0 bridgehead atoms. The number of aromatic nitrogens is 1. The Morgan fingerprint density at radius 3 is 2.86 bits per heavy atom. The van der Waals surface area contributed by atoms with Gasteiger partial charge in [-0.15, -0.1) is 0 Å². The molecular weight excluding hydrogens is 266 g/mol. The number of benzene rings is 1. The standard InChI is InChI=1S/C21H21N/c1-21(2)17-9-5-3-7-13(17)15-12-20-16(11-18(15)21)14-8-4-6-10-19(14)22-20/h3,5-7,9-10,12,18,22H,4,8,11H2,1-2H3. The zero-order valence-electron chi connectivity index (χ0n) is 13.2. The van der Waals surface area contributed by atoms with E-state index in [1.54, 1.807) is 11.1 Å². The third kappa shape index (κ3) is 1.44. The molecule has 5 rings (SSSR count). The van der Waals surface area contributed by atoms with Crippen LogP contribution in [0.25, 0.3) is 17.7 Å². The van der Waals surface area contributed by atoms with Crippen molar-refractivity contribution in [2.45, 2.75) is 38.5 Å². The van der Waals surface area contributed by atoms with Crippen LogP contribution in [0.5, 0.6) is 0 Å². The lowest BCUT2D eigenvalue weighted by Crippen LogP contribution is -2.27. The average molecular weight is 287 g/mol. The minimum absolute atomic E-state index is 0.231. The predicted molar refractivity (Wildman–Crippen MR) is 92.7 cm³/mol. The van der Waals surface area contributed by atoms with Gasteiger partial charge in [0.15, 0.2) is 0 Å². The molecule has 0 saturated carbocycles. The highest BCUT2D eigenvalue weighted by molar-refractivity contribution is 5.91. The molecule has 0 spiro atoms. The summed E-state index contributed by atoms with van der Waals surface area (Å²) in [5.41, 5.74) is 10.6. The van der Waals surface area contributed by atoms with Gasteiger partial charge in [-0.1, -0.05) is 44.2 Å². The summed E-state index contributed by atoms with van der Waals surface area (Å²) in [6, 6.07) is 8.98. The van der Waals surface area contributed by atoms with Crippen LogP contribution < -0.4 is 0 Å². The molecule has 3 aliphatic carbocycles. The molecule has 1 aromatic heterocycles. The van der Waals surface area contributed by atoms with Crippen LogP contribution in [0, 0.1) is 5.92 Å². The van der Waals surface area contributed by atoms with E-state index < -0.39 is 0 Å². The second-order valence-electron chi connectivity index (χ2n) is 7.47. The van der Waals surface area contributed by atoms with Gasteiger partial charge in [0.05, 0.1) is 0 Å². The molecule has 1 heteroatoms. The van der Waals surface area contributed by atoms with Crippen molar-refractivity contribution < 1.29 is 0 Å². The molecule has 110 valence electrons. The van der Waals surface area contributed by atoms with Gasteiger partial charge in [0.25, 0.3) is 0 Å². The number of aromatic amines is 1. The monoisotopic (exact) mass is 287 g/mol. The number of hydrogen-bond acceptors (Lipinski definition) is 0. The summed E-state index contributed by atoms with van der Waals surface area (Å²) in [6.45, 7) is 4.84. The third-order valence-corrected chi connectivity index (χ3v) is 6.02. The predicted octanol–water partition coefficient (Wildman–Crippen LogP) is 4.98. The Hall–Kier alpha value is -2.02. The first kappa shape index (κ1) is 12.5. The lowest BCUT2D eigenvalue weighted by molar-refractivity contribution is 0.409. The molecule has 1 nitrogen and oxygen atoms in total. The minimum atomic E-state index is 0.231. The Kier molecular flexibility index (Phi) is 2.30. The van der Waals surface area contributed by atoms with Crippen molar-refractivity contribution in [1.82, 2.24) is 4.98 Å².